The zero-order chi connectivity index (χ0) is 25.6. The monoisotopic (exact) mass is 541 g/mol. The zero-order valence-corrected chi connectivity index (χ0v) is 20.0. The highest BCUT2D eigenvalue weighted by atomic mass is 35.5. The van der Waals surface area contributed by atoms with E-state index in [2.05, 4.69) is 19.7 Å². The van der Waals surface area contributed by atoms with E-state index in [0.717, 1.165) is 22.0 Å². The summed E-state index contributed by atoms with van der Waals surface area (Å²) in [5, 5.41) is 20.5. The molecule has 3 N–H and O–H groups in total. The number of pyridine rings is 1. The van der Waals surface area contributed by atoms with Crippen molar-refractivity contribution in [3.63, 3.8) is 0 Å². The summed E-state index contributed by atoms with van der Waals surface area (Å²) in [6.45, 7) is -4.26. The number of nitrogens with zero attached hydrogens (tertiary/aromatic N) is 2. The van der Waals surface area contributed by atoms with Crippen LogP contribution in [0, 0.1) is 5.82 Å². The quantitative estimate of drug-likeness (QED) is 0.258. The summed E-state index contributed by atoms with van der Waals surface area (Å²) in [6, 6.07) is 3.64. The van der Waals surface area contributed by atoms with E-state index in [1.54, 1.807) is 18.5 Å². The molecule has 6 nitrogen and oxygen atoms in total. The maximum Gasteiger partial charge on any atom is 0.387 e. The number of aromatic amines is 1. The fourth-order valence-electron chi connectivity index (χ4n) is 4.64. The Labute approximate surface area is 211 Å². The van der Waals surface area contributed by atoms with Gasteiger partial charge in [0.05, 0.1) is 27.1 Å². The highest BCUT2D eigenvalue weighted by Crippen LogP contribution is 2.43. The highest BCUT2D eigenvalue weighted by Gasteiger charge is 2.34. The molecule has 3 aromatic heterocycles. The summed E-state index contributed by atoms with van der Waals surface area (Å²) in [7, 11) is 0. The van der Waals surface area contributed by atoms with Crippen LogP contribution >= 0.6 is 22.9 Å². The fourth-order valence-corrected chi connectivity index (χ4v) is 5.95. The number of fused-ring (bicyclic) bond motifs is 1. The number of alkyl halides is 3. The van der Waals surface area contributed by atoms with Gasteiger partial charge in [-0.2, -0.15) is 8.78 Å². The van der Waals surface area contributed by atoms with Crippen molar-refractivity contribution >= 4 is 34.0 Å². The second-order valence-corrected chi connectivity index (χ2v) is 10.0. The average Bonchev–Trinajstić information content (AvgIpc) is 3.57. The molecule has 0 aliphatic heterocycles. The molecule has 190 valence electrons. The minimum absolute atomic E-state index is 0.0625. The smallest absolute Gasteiger partial charge is 0.387 e. The Morgan fingerprint density at radius 3 is 2.61 bits per heavy atom. The van der Waals surface area contributed by atoms with Crippen molar-refractivity contribution in [3.05, 3.63) is 63.8 Å². The van der Waals surface area contributed by atoms with Gasteiger partial charge in [0.25, 0.3) is 0 Å². The van der Waals surface area contributed by atoms with Crippen LogP contribution in [0.15, 0.2) is 36.8 Å². The van der Waals surface area contributed by atoms with Gasteiger partial charge in [-0.1, -0.05) is 11.6 Å². The number of hydrogen-bond donors (Lipinski definition) is 3. The largest absolute Gasteiger partial charge is 0.434 e. The molecule has 1 unspecified atom stereocenters. The molecule has 5 rings (SSSR count). The number of ether oxygens (including phenoxy) is 1. The third kappa shape index (κ3) is 4.56. The van der Waals surface area contributed by atoms with Gasteiger partial charge in [-0.05, 0) is 36.6 Å². The topological polar surface area (TPSA) is 91.3 Å². The van der Waals surface area contributed by atoms with Crippen LogP contribution in [0.5, 0.6) is 5.75 Å². The van der Waals surface area contributed by atoms with Crippen molar-refractivity contribution < 1.29 is 32.5 Å². The van der Waals surface area contributed by atoms with E-state index in [-0.39, 0.29) is 11.5 Å². The van der Waals surface area contributed by atoms with Gasteiger partial charge >= 0.3 is 6.61 Å². The van der Waals surface area contributed by atoms with Gasteiger partial charge < -0.3 is 19.9 Å². The first-order valence-corrected chi connectivity index (χ1v) is 12.2. The first kappa shape index (κ1) is 24.9. The van der Waals surface area contributed by atoms with E-state index in [9.17, 15) is 27.8 Å². The van der Waals surface area contributed by atoms with Crippen LogP contribution in [0.3, 0.4) is 0 Å². The minimum atomic E-state index is -3.20. The van der Waals surface area contributed by atoms with Gasteiger partial charge in [-0.3, -0.25) is 4.39 Å². The lowest BCUT2D eigenvalue weighted by atomic mass is 9.91. The fraction of sp³-hybridized carbons (Fsp3) is 0.333. The standard InChI is InChI=1S/C24H20ClF4N3O3S/c25-21-15(27)1-2-18(35-24(28)29)20(21)13(6-26)14-8-31-22-12(14)3-11(7-30-22)19-9-32-23(36-19)10-4-16(33)17(34)5-10/h1-3,7-10,13,16-17,24,33-34H,4-6H2,(H,30,31)/t10?,13-,16-,17+/m1/s1. The average molecular weight is 542 g/mol. The molecule has 12 heteroatoms. The number of nitrogens with one attached hydrogen (secondary N) is 1. The molecule has 1 aromatic carbocycles. The number of H-pyrrole nitrogens is 1. The van der Waals surface area contributed by atoms with Crippen LogP contribution in [0.25, 0.3) is 21.5 Å². The van der Waals surface area contributed by atoms with E-state index in [0.29, 0.717) is 35.0 Å². The Kier molecular flexibility index (Phi) is 6.90. The molecule has 1 saturated carbocycles. The van der Waals surface area contributed by atoms with Crippen molar-refractivity contribution in [2.24, 2.45) is 0 Å². The van der Waals surface area contributed by atoms with Crippen LogP contribution in [0.4, 0.5) is 17.6 Å². The third-order valence-corrected chi connectivity index (χ3v) is 8.00. The number of rotatable bonds is 7. The molecular formula is C24H20ClF4N3O3S. The predicted molar refractivity (Wildman–Crippen MR) is 127 cm³/mol. The Bertz CT molecular complexity index is 1390. The second-order valence-electron chi connectivity index (χ2n) is 8.59. The van der Waals surface area contributed by atoms with Crippen LogP contribution in [-0.2, 0) is 0 Å². The molecule has 0 amide bonds. The molecule has 1 aliphatic carbocycles. The number of hydrogen-bond acceptors (Lipinski definition) is 6. The molecule has 4 aromatic rings. The van der Waals surface area contributed by atoms with Gasteiger partial charge in [-0.15, -0.1) is 11.3 Å². The molecule has 4 atom stereocenters. The molecule has 1 aliphatic rings. The summed E-state index contributed by atoms with van der Waals surface area (Å²) in [4.78, 5) is 12.5. The van der Waals surface area contributed by atoms with Crippen molar-refractivity contribution in [2.45, 2.75) is 43.5 Å². The maximum atomic E-state index is 14.4. The van der Waals surface area contributed by atoms with Gasteiger partial charge in [0.15, 0.2) is 0 Å². The van der Waals surface area contributed by atoms with Crippen molar-refractivity contribution in [1.29, 1.82) is 0 Å². The number of benzene rings is 1. The number of aliphatic hydroxyl groups is 2. The lowest BCUT2D eigenvalue weighted by Crippen LogP contribution is -2.17. The molecular weight excluding hydrogens is 522 g/mol. The van der Waals surface area contributed by atoms with Gasteiger partial charge in [-0.25, -0.2) is 14.4 Å². The van der Waals surface area contributed by atoms with E-state index >= 15 is 0 Å². The SMILES string of the molecule is O[C@@H]1CC(c2ncc(-c3cnc4[nH]cc([C@@H](CF)c5c(OC(F)F)ccc(F)c5Cl)c4c3)s2)C[C@@H]1O. The van der Waals surface area contributed by atoms with Crippen LogP contribution in [0.1, 0.15) is 40.8 Å². The predicted octanol–water partition coefficient (Wildman–Crippen LogP) is 5.78. The molecule has 0 radical (unpaired) electrons. The summed E-state index contributed by atoms with van der Waals surface area (Å²) < 4.78 is 59.2. The number of halogens is 5. The van der Waals surface area contributed by atoms with Gasteiger partial charge in [0, 0.05) is 46.9 Å². The van der Waals surface area contributed by atoms with E-state index < -0.39 is 48.0 Å². The zero-order valence-electron chi connectivity index (χ0n) is 18.5. The normalized spacial score (nSPS) is 20.9. The lowest BCUT2D eigenvalue weighted by molar-refractivity contribution is -0.0506. The molecule has 1 fully saturated rings. The Balaban J connectivity index is 1.54. The van der Waals surface area contributed by atoms with Crippen LogP contribution < -0.4 is 4.74 Å². The van der Waals surface area contributed by atoms with Crippen molar-refractivity contribution in [3.8, 4) is 16.2 Å². The van der Waals surface area contributed by atoms with Crippen LogP contribution in [0.2, 0.25) is 5.02 Å². The summed E-state index contributed by atoms with van der Waals surface area (Å²) in [5.41, 5.74) is 1.23. The van der Waals surface area contributed by atoms with E-state index in [1.165, 1.54) is 17.5 Å². The molecule has 3 heterocycles. The number of aliphatic hydroxyl groups excluding tert-OH is 2. The molecule has 0 spiro atoms. The lowest BCUT2D eigenvalue weighted by Gasteiger charge is -2.19. The van der Waals surface area contributed by atoms with E-state index in [1.807, 2.05) is 0 Å². The van der Waals surface area contributed by atoms with Gasteiger partial charge in [0.2, 0.25) is 0 Å². The third-order valence-electron chi connectivity index (χ3n) is 6.40. The first-order chi connectivity index (χ1) is 17.3. The Hall–Kier alpha value is -2.73. The summed E-state index contributed by atoms with van der Waals surface area (Å²) >= 11 is 7.50. The molecule has 0 bridgehead atoms. The Morgan fingerprint density at radius 2 is 1.92 bits per heavy atom. The first-order valence-electron chi connectivity index (χ1n) is 11.0. The Morgan fingerprint density at radius 1 is 1.17 bits per heavy atom. The minimum Gasteiger partial charge on any atom is -0.434 e. The van der Waals surface area contributed by atoms with Crippen molar-refractivity contribution in [2.75, 3.05) is 6.67 Å². The van der Waals surface area contributed by atoms with E-state index in [4.69, 9.17) is 11.6 Å². The molecule has 36 heavy (non-hydrogen) atoms. The second kappa shape index (κ2) is 9.97. The summed E-state index contributed by atoms with van der Waals surface area (Å²) in [6.07, 6.45) is 4.04. The summed E-state index contributed by atoms with van der Waals surface area (Å²) in [5.74, 6) is -2.56. The maximum absolute atomic E-state index is 14.4. The van der Waals surface area contributed by atoms with Gasteiger partial charge in [0.1, 0.15) is 23.9 Å². The van der Waals surface area contributed by atoms with Crippen molar-refractivity contribution in [1.82, 2.24) is 15.0 Å². The van der Waals surface area contributed by atoms with Crippen LogP contribution in [-0.4, -0.2) is 50.7 Å². The molecule has 0 saturated heterocycles. The number of aromatic nitrogens is 3. The highest BCUT2D eigenvalue weighted by molar-refractivity contribution is 7.15. The number of thiazole rings is 1.